The van der Waals surface area contributed by atoms with Crippen LogP contribution in [0.4, 0.5) is 5.69 Å². The number of aromatic nitrogens is 1. The van der Waals surface area contributed by atoms with Gasteiger partial charge in [0.1, 0.15) is 23.9 Å². The van der Waals surface area contributed by atoms with Crippen molar-refractivity contribution in [1.82, 2.24) is 14.8 Å². The van der Waals surface area contributed by atoms with E-state index in [9.17, 15) is 14.7 Å². The molecule has 9 atom stereocenters. The van der Waals surface area contributed by atoms with E-state index in [-0.39, 0.29) is 17.9 Å². The van der Waals surface area contributed by atoms with Crippen molar-refractivity contribution in [3.8, 4) is 5.75 Å². The van der Waals surface area contributed by atoms with Crippen LogP contribution in [0.25, 0.3) is 10.9 Å². The van der Waals surface area contributed by atoms with E-state index in [1.165, 1.54) is 19.6 Å². The van der Waals surface area contributed by atoms with Gasteiger partial charge in [-0.25, -0.2) is 4.79 Å². The van der Waals surface area contributed by atoms with Gasteiger partial charge in [0.15, 0.2) is 5.60 Å². The van der Waals surface area contributed by atoms with Gasteiger partial charge in [-0.15, -0.1) is 0 Å². The largest absolute Gasteiger partial charge is 0.496 e. The smallest absolute Gasteiger partial charge is 0.338 e. The van der Waals surface area contributed by atoms with Crippen molar-refractivity contribution in [3.63, 3.8) is 0 Å². The number of anilines is 1. The summed E-state index contributed by atoms with van der Waals surface area (Å²) in [5, 5.41) is 14.9. The molecule has 1 saturated heterocycles. The van der Waals surface area contributed by atoms with Gasteiger partial charge in [0.25, 0.3) is 0 Å². The number of nitrogens with zero attached hydrogens (tertiary/aromatic N) is 3. The molecule has 0 radical (unpaired) electrons. The zero-order valence-electron chi connectivity index (χ0n) is 37.8. The molecule has 1 aliphatic carbocycles. The first-order chi connectivity index (χ1) is 30.9. The Hall–Kier alpha value is -5.43. The summed E-state index contributed by atoms with van der Waals surface area (Å²) in [5.74, 6) is -0.933. The fraction of sp³-hybridized carbons (Fsp3) is 0.481. The summed E-state index contributed by atoms with van der Waals surface area (Å²) < 4.78 is 25.0. The molecule has 6 aliphatic rings. The number of rotatable bonds is 9. The molecule has 4 aromatic rings. The number of fused-ring (bicyclic) bond motifs is 6. The van der Waals surface area contributed by atoms with Gasteiger partial charge in [0, 0.05) is 90.9 Å². The average Bonchev–Trinajstić information content (AvgIpc) is 3.98. The predicted molar refractivity (Wildman–Crippen MR) is 244 cm³/mol. The van der Waals surface area contributed by atoms with Crippen molar-refractivity contribution < 1.29 is 38.4 Å². The second-order valence-corrected chi connectivity index (χ2v) is 19.1. The highest BCUT2D eigenvalue weighted by atomic mass is 16.6. The number of H-pyrrole nitrogens is 1. The number of likely N-dealkylation sites (N-methyl/N-ethyl adjacent to an activating group) is 1. The molecule has 2 unspecified atom stereocenters. The van der Waals surface area contributed by atoms with Crippen LogP contribution < -0.4 is 9.64 Å². The first-order valence-electron chi connectivity index (χ1n) is 23.0. The number of methoxy groups -OCH3 is 2. The van der Waals surface area contributed by atoms with Gasteiger partial charge in [-0.05, 0) is 80.0 Å². The third-order valence-electron chi connectivity index (χ3n) is 16.1. The number of hydrogen-bond donors (Lipinski definition) is 2. The summed E-state index contributed by atoms with van der Waals surface area (Å²) in [6.45, 7) is 9.18. The Bertz CT molecular complexity index is 2590. The van der Waals surface area contributed by atoms with E-state index in [0.717, 1.165) is 65.9 Å². The molecule has 64 heavy (non-hydrogen) atoms. The molecule has 12 heteroatoms. The Morgan fingerprint density at radius 1 is 0.969 bits per heavy atom. The number of hydrogen-bond acceptors (Lipinski definition) is 11. The fourth-order valence-corrected chi connectivity index (χ4v) is 13.8. The lowest BCUT2D eigenvalue weighted by molar-refractivity contribution is -0.228. The van der Waals surface area contributed by atoms with Crippen molar-refractivity contribution in [3.05, 3.63) is 118 Å². The Kier molecular flexibility index (Phi) is 10.4. The molecule has 3 aromatic carbocycles. The van der Waals surface area contributed by atoms with Gasteiger partial charge < -0.3 is 33.9 Å². The van der Waals surface area contributed by atoms with Crippen LogP contribution in [0.15, 0.2) is 90.5 Å². The summed E-state index contributed by atoms with van der Waals surface area (Å²) in [6, 6.07) is 20.3. The molecule has 336 valence electrons. The van der Waals surface area contributed by atoms with Crippen molar-refractivity contribution in [1.29, 1.82) is 0 Å². The molecule has 6 heterocycles. The Balaban J connectivity index is 1.24. The maximum atomic E-state index is 15.4. The highest BCUT2D eigenvalue weighted by molar-refractivity contribution is 5.94. The molecular weight excluding hydrogens is 809 g/mol. The van der Waals surface area contributed by atoms with Crippen LogP contribution in [0.1, 0.15) is 79.2 Å². The van der Waals surface area contributed by atoms with E-state index >= 15 is 4.79 Å². The number of aliphatic hydroxyl groups is 1. The summed E-state index contributed by atoms with van der Waals surface area (Å²) in [5.41, 5.74) is 2.16. The molecule has 1 spiro atoms. The average molecular weight is 869 g/mol. The van der Waals surface area contributed by atoms with Crippen molar-refractivity contribution in [2.45, 2.75) is 87.5 Å². The minimum absolute atomic E-state index is 0.0217. The second-order valence-electron chi connectivity index (χ2n) is 19.1. The lowest BCUT2D eigenvalue weighted by atomic mass is 9.47. The highest BCUT2D eigenvalue weighted by Crippen LogP contribution is 2.68. The second kappa shape index (κ2) is 15.6. The molecule has 12 nitrogen and oxygen atoms in total. The number of ether oxygens (including phenoxy) is 4. The summed E-state index contributed by atoms with van der Waals surface area (Å²) in [4.78, 5) is 53.4. The number of benzene rings is 3. The number of carbonyl (C=O) groups is 3. The maximum Gasteiger partial charge on any atom is 0.338 e. The standard InChI is InChI=1S/C52H60N4O8/c1-7-33-25-34-28-51(48(59)62-6,43-37(19-23-55(29-33)30-34)36-17-12-13-18-40(36)53-43)39-26-38-41(27-42(39)61-5)54(4)46-50(38)21-24-56-22-14-20-49(8-2,45(50)56)47(64-32(3)57)52(46,60)31-63-44(58)35-15-10-9-11-16-35/h9-18,20,25-27,34,45-47,53,60H,7-8,19,21-24,28-31H2,1-6H3/t34-,45?,46+,47+,49+,50+,51-,52-/m0/s1. The quantitative estimate of drug-likeness (QED) is 0.109. The molecule has 2 N–H and O–H groups in total. The summed E-state index contributed by atoms with van der Waals surface area (Å²) in [7, 11) is 5.09. The maximum absolute atomic E-state index is 15.4. The summed E-state index contributed by atoms with van der Waals surface area (Å²) in [6.07, 6.45) is 8.85. The third-order valence-corrected chi connectivity index (χ3v) is 16.1. The molecule has 10 rings (SSSR count). The minimum Gasteiger partial charge on any atom is -0.496 e. The van der Waals surface area contributed by atoms with Crippen LogP contribution in [0.2, 0.25) is 0 Å². The minimum atomic E-state index is -1.91. The first kappa shape index (κ1) is 42.5. The molecule has 1 aromatic heterocycles. The monoisotopic (exact) mass is 868 g/mol. The van der Waals surface area contributed by atoms with Crippen LogP contribution in [-0.4, -0.2) is 122 Å². The number of para-hydroxylation sites is 1. The van der Waals surface area contributed by atoms with Crippen LogP contribution in [0.5, 0.6) is 5.75 Å². The molecule has 0 amide bonds. The SMILES string of the molecule is CCC1=C[C@@H]2CN(CCc3c([nH]c4ccccc34)[C@@](C(=O)OC)(c3cc4c(cc3OC)N(C)[C@H]3[C@@](O)(COC(=O)c5ccccc5)[C@H](OC(C)=O)[C@]5(CC)C=CCN6CC[C@]43C65)C2)C1. The zero-order chi connectivity index (χ0) is 44.8. The van der Waals surface area contributed by atoms with E-state index in [4.69, 9.17) is 18.9 Å². The van der Waals surface area contributed by atoms with E-state index in [1.807, 2.05) is 25.2 Å². The topological polar surface area (TPSA) is 134 Å². The van der Waals surface area contributed by atoms with Crippen LogP contribution in [0.3, 0.4) is 0 Å². The van der Waals surface area contributed by atoms with Crippen LogP contribution in [-0.2, 0) is 41.1 Å². The first-order valence-corrected chi connectivity index (χ1v) is 23.0. The molecule has 2 fully saturated rings. The van der Waals surface area contributed by atoms with E-state index in [2.05, 4.69) is 76.0 Å². The lowest BCUT2D eigenvalue weighted by Crippen LogP contribution is -2.80. The number of aromatic amines is 1. The number of nitrogens with one attached hydrogen (secondary N) is 1. The van der Waals surface area contributed by atoms with Crippen molar-refractivity contribution >= 4 is 34.5 Å². The van der Waals surface area contributed by atoms with E-state index in [0.29, 0.717) is 49.2 Å². The van der Waals surface area contributed by atoms with Crippen LogP contribution in [0, 0.1) is 11.3 Å². The number of carbonyl (C=O) groups excluding carboxylic acids is 3. The van der Waals surface area contributed by atoms with E-state index in [1.54, 1.807) is 31.4 Å². The van der Waals surface area contributed by atoms with Gasteiger partial charge in [0.05, 0.1) is 25.8 Å². The zero-order valence-corrected chi connectivity index (χ0v) is 37.8. The van der Waals surface area contributed by atoms with Gasteiger partial charge in [-0.2, -0.15) is 0 Å². The predicted octanol–water partition coefficient (Wildman–Crippen LogP) is 6.48. The van der Waals surface area contributed by atoms with Gasteiger partial charge in [-0.3, -0.25) is 19.4 Å². The van der Waals surface area contributed by atoms with Crippen LogP contribution >= 0.6 is 0 Å². The third kappa shape index (κ3) is 5.93. The molecule has 2 bridgehead atoms. The van der Waals surface area contributed by atoms with E-state index < -0.39 is 52.5 Å². The lowest BCUT2D eigenvalue weighted by Gasteiger charge is -2.64. The van der Waals surface area contributed by atoms with Gasteiger partial charge in [0.2, 0.25) is 0 Å². The van der Waals surface area contributed by atoms with Crippen molar-refractivity contribution in [2.24, 2.45) is 11.3 Å². The van der Waals surface area contributed by atoms with Crippen molar-refractivity contribution in [2.75, 3.05) is 65.5 Å². The molecular formula is C52H60N4O8. The highest BCUT2D eigenvalue weighted by Gasteiger charge is 2.78. The molecule has 5 aliphatic heterocycles. The Morgan fingerprint density at radius 2 is 1.75 bits per heavy atom. The Morgan fingerprint density at radius 3 is 2.48 bits per heavy atom. The normalized spacial score (nSPS) is 32.5. The fourth-order valence-electron chi connectivity index (χ4n) is 13.8. The molecule has 1 saturated carbocycles. The number of esters is 3. The Labute approximate surface area is 375 Å². The summed E-state index contributed by atoms with van der Waals surface area (Å²) >= 11 is 0. The van der Waals surface area contributed by atoms with Gasteiger partial charge in [-0.1, -0.05) is 74.0 Å². The van der Waals surface area contributed by atoms with Gasteiger partial charge >= 0.3 is 17.9 Å².